The summed E-state index contributed by atoms with van der Waals surface area (Å²) in [5, 5.41) is 8.25. The minimum atomic E-state index is -2.13. The second-order valence-electron chi connectivity index (χ2n) is 5.76. The van der Waals surface area contributed by atoms with E-state index >= 15 is 0 Å². The molecule has 3 aromatic rings. The highest BCUT2D eigenvalue weighted by Crippen LogP contribution is 2.29. The second-order valence-corrected chi connectivity index (χ2v) is 6.83. The molecule has 0 radical (unpaired) electrons. The van der Waals surface area contributed by atoms with Crippen molar-refractivity contribution in [2.24, 2.45) is 0 Å². The Morgan fingerprint density at radius 2 is 1.17 bits per heavy atom. The summed E-state index contributed by atoms with van der Waals surface area (Å²) >= 11 is 0. The summed E-state index contributed by atoms with van der Waals surface area (Å²) in [6.07, 6.45) is 0. The molecule has 0 saturated carbocycles. The smallest absolute Gasteiger partial charge is 0.199 e. The van der Waals surface area contributed by atoms with Gasteiger partial charge in [0.1, 0.15) is 0 Å². The third-order valence-electron chi connectivity index (χ3n) is 3.96. The van der Waals surface area contributed by atoms with Gasteiger partial charge in [0.2, 0.25) is 0 Å². The van der Waals surface area contributed by atoms with Gasteiger partial charge in [-0.2, -0.15) is 0 Å². The molecular weight excluding hydrogens is 301 g/mol. The monoisotopic (exact) mass is 319 g/mol. The van der Waals surface area contributed by atoms with Crippen molar-refractivity contribution in [2.45, 2.75) is 13.8 Å². The van der Waals surface area contributed by atoms with E-state index in [1.165, 1.54) is 11.1 Å². The van der Waals surface area contributed by atoms with Gasteiger partial charge in [0.15, 0.2) is 13.2 Å². The van der Waals surface area contributed by atoms with Crippen molar-refractivity contribution < 1.29 is 4.89 Å². The van der Waals surface area contributed by atoms with E-state index in [1.54, 1.807) is 0 Å². The minimum Gasteiger partial charge on any atom is -0.608 e. The van der Waals surface area contributed by atoms with E-state index in [4.69, 9.17) is 5.16 Å². The number of aryl methyl sites for hydroxylation is 2. The topological polar surface area (TPSA) is 46.9 Å². The molecule has 0 aliphatic carbocycles. The highest BCUT2D eigenvalue weighted by atomic mass is 31.1. The first-order valence-electron chi connectivity index (χ1n) is 7.51. The highest BCUT2D eigenvalue weighted by Gasteiger charge is 2.14. The van der Waals surface area contributed by atoms with Crippen molar-refractivity contribution in [3.8, 4) is 22.3 Å². The highest BCUT2D eigenvalue weighted by molar-refractivity contribution is 7.47. The first kappa shape index (κ1) is 15.6. The van der Waals surface area contributed by atoms with Gasteiger partial charge in [0.25, 0.3) is 0 Å². The minimum absolute atomic E-state index is 0.583. The van der Waals surface area contributed by atoms with Gasteiger partial charge < -0.3 is 4.89 Å². The van der Waals surface area contributed by atoms with Crippen LogP contribution in [-0.4, -0.2) is 0 Å². The van der Waals surface area contributed by atoms with Crippen LogP contribution < -0.4 is 10.2 Å². The van der Waals surface area contributed by atoms with Gasteiger partial charge in [-0.25, -0.2) is 0 Å². The van der Waals surface area contributed by atoms with Gasteiger partial charge in [0.05, 0.1) is 0 Å². The molecule has 1 N–H and O–H groups in total. The summed E-state index contributed by atoms with van der Waals surface area (Å²) in [6.45, 7) is 4.10. The first-order valence-corrected chi connectivity index (χ1v) is 8.77. The maximum absolute atomic E-state index is 11.8. The molecule has 0 amide bonds. The van der Waals surface area contributed by atoms with Crippen molar-refractivity contribution in [3.05, 3.63) is 77.9 Å². The first-order chi connectivity index (χ1) is 11.0. The summed E-state index contributed by atoms with van der Waals surface area (Å²) in [6, 6.07) is 22.2. The van der Waals surface area contributed by atoms with Gasteiger partial charge in [-0.1, -0.05) is 59.7 Å². The van der Waals surface area contributed by atoms with E-state index in [0.29, 0.717) is 5.30 Å². The Morgan fingerprint density at radius 1 is 0.696 bits per heavy atom. The van der Waals surface area contributed by atoms with Gasteiger partial charge in [-0.15, -0.1) is 5.16 Å². The van der Waals surface area contributed by atoms with Crippen LogP contribution in [0.25, 0.3) is 22.3 Å². The number of hydrogen-bond acceptors (Lipinski definition) is 2. The normalized spacial score (nSPS) is 11.3. The van der Waals surface area contributed by atoms with Crippen LogP contribution >= 0.6 is 7.94 Å². The van der Waals surface area contributed by atoms with Crippen molar-refractivity contribution in [3.63, 3.8) is 0 Å². The molecule has 0 saturated heterocycles. The third-order valence-corrected chi connectivity index (χ3v) is 4.79. The Balaban J connectivity index is 2.15. The summed E-state index contributed by atoms with van der Waals surface area (Å²) in [7, 11) is -2.13. The van der Waals surface area contributed by atoms with E-state index in [1.807, 2.05) is 49.4 Å². The molecule has 0 aromatic heterocycles. The number of benzene rings is 3. The van der Waals surface area contributed by atoms with Crippen LogP contribution in [0.4, 0.5) is 0 Å². The molecule has 0 bridgehead atoms. The van der Waals surface area contributed by atoms with Crippen LogP contribution in [0.2, 0.25) is 0 Å². The molecule has 1 atom stereocenters. The van der Waals surface area contributed by atoms with Crippen LogP contribution in [-0.2, 0) is 0 Å². The second kappa shape index (κ2) is 6.45. The Kier molecular flexibility index (Phi) is 4.38. The Labute approximate surface area is 137 Å². The van der Waals surface area contributed by atoms with Crippen molar-refractivity contribution in [1.29, 1.82) is 5.16 Å². The standard InChI is InChI=1S/C20H18NOP/c1-14-3-7-16(8-4-14)18-11-12-20(23(21)22)19(13-18)17-9-5-15(2)6-10-17/h3-13,21H,1-2H3. The lowest BCUT2D eigenvalue weighted by Crippen LogP contribution is -2.08. The molecule has 1 unspecified atom stereocenters. The summed E-state index contributed by atoms with van der Waals surface area (Å²) in [4.78, 5) is 11.8. The fourth-order valence-corrected chi connectivity index (χ4v) is 3.23. The molecule has 0 aliphatic rings. The van der Waals surface area contributed by atoms with Crippen molar-refractivity contribution in [1.82, 2.24) is 0 Å². The average Bonchev–Trinajstić information content (AvgIpc) is 2.55. The van der Waals surface area contributed by atoms with Crippen LogP contribution in [0.1, 0.15) is 11.1 Å². The molecule has 3 aromatic carbocycles. The summed E-state index contributed by atoms with van der Waals surface area (Å²) < 4.78 is 0. The molecule has 23 heavy (non-hydrogen) atoms. The number of hydrogen-bond donors (Lipinski definition) is 1. The zero-order valence-electron chi connectivity index (χ0n) is 13.2. The van der Waals surface area contributed by atoms with Crippen molar-refractivity contribution >= 4 is 13.2 Å². The zero-order valence-corrected chi connectivity index (χ0v) is 14.1. The lowest BCUT2D eigenvalue weighted by Gasteiger charge is -2.09. The Hall–Kier alpha value is -2.28. The quantitative estimate of drug-likeness (QED) is 0.694. The van der Waals surface area contributed by atoms with Crippen LogP contribution in [0.3, 0.4) is 0 Å². The Bertz CT molecular complexity index is 852. The van der Waals surface area contributed by atoms with Gasteiger partial charge in [0, 0.05) is 5.56 Å². The van der Waals surface area contributed by atoms with E-state index in [9.17, 15) is 4.89 Å². The fraction of sp³-hybridized carbons (Fsp3) is 0.100. The Morgan fingerprint density at radius 3 is 1.70 bits per heavy atom. The third kappa shape index (κ3) is 3.39. The zero-order chi connectivity index (χ0) is 16.4. The lowest BCUT2D eigenvalue weighted by molar-refractivity contribution is -0.153. The predicted molar refractivity (Wildman–Crippen MR) is 96.1 cm³/mol. The van der Waals surface area contributed by atoms with Crippen LogP contribution in [0.15, 0.2) is 66.7 Å². The summed E-state index contributed by atoms with van der Waals surface area (Å²) in [5.74, 6) is 0. The van der Waals surface area contributed by atoms with Gasteiger partial charge in [-0.3, -0.25) is 0 Å². The van der Waals surface area contributed by atoms with Crippen LogP contribution in [0.5, 0.6) is 0 Å². The average molecular weight is 319 g/mol. The molecule has 0 heterocycles. The summed E-state index contributed by atoms with van der Waals surface area (Å²) in [5.41, 5.74) is 6.46. The van der Waals surface area contributed by atoms with Gasteiger partial charge in [-0.05, 0) is 48.7 Å². The lowest BCUT2D eigenvalue weighted by atomic mass is 9.98. The predicted octanol–water partition coefficient (Wildman–Crippen LogP) is 4.78. The van der Waals surface area contributed by atoms with Gasteiger partial charge >= 0.3 is 0 Å². The van der Waals surface area contributed by atoms with Crippen LogP contribution in [0, 0.1) is 19.0 Å². The van der Waals surface area contributed by atoms with E-state index in [0.717, 1.165) is 22.3 Å². The van der Waals surface area contributed by atoms with E-state index < -0.39 is 7.94 Å². The molecule has 114 valence electrons. The van der Waals surface area contributed by atoms with E-state index in [2.05, 4.69) is 31.2 Å². The SMILES string of the molecule is Cc1ccc(-c2ccc([P+](=N)[O-])c(-c3ccc(C)cc3)c2)cc1. The number of rotatable bonds is 3. The molecular formula is C20H18NOP. The molecule has 2 nitrogen and oxygen atoms in total. The fourth-order valence-electron chi connectivity index (χ4n) is 2.60. The maximum atomic E-state index is 11.8. The van der Waals surface area contributed by atoms with E-state index in [-0.39, 0.29) is 0 Å². The molecule has 3 rings (SSSR count). The molecule has 3 heteroatoms. The number of nitrogens with one attached hydrogen (secondary N) is 1. The molecule has 0 spiro atoms. The van der Waals surface area contributed by atoms with Crippen molar-refractivity contribution in [2.75, 3.05) is 0 Å². The molecule has 0 aliphatic heterocycles. The molecule has 0 fully saturated rings. The maximum Gasteiger partial charge on any atom is 0.199 e. The largest absolute Gasteiger partial charge is 0.608 e.